The van der Waals surface area contributed by atoms with Gasteiger partial charge in [0.15, 0.2) is 0 Å². The van der Waals surface area contributed by atoms with Crippen LogP contribution in [-0.4, -0.2) is 19.3 Å². The lowest BCUT2D eigenvalue weighted by Gasteiger charge is -2.23. The Kier molecular flexibility index (Phi) is 4.81. The fourth-order valence-electron chi connectivity index (χ4n) is 1.45. The van der Waals surface area contributed by atoms with Crippen molar-refractivity contribution in [1.82, 2.24) is 0 Å². The van der Waals surface area contributed by atoms with Gasteiger partial charge in [0.1, 0.15) is 5.75 Å². The lowest BCUT2D eigenvalue weighted by Crippen LogP contribution is -2.25. The first-order chi connectivity index (χ1) is 7.59. The summed E-state index contributed by atoms with van der Waals surface area (Å²) in [5.41, 5.74) is 1.15. The predicted molar refractivity (Wildman–Crippen MR) is 67.0 cm³/mol. The van der Waals surface area contributed by atoms with Crippen molar-refractivity contribution >= 4 is 0 Å². The van der Waals surface area contributed by atoms with E-state index in [0.717, 1.165) is 18.6 Å². The highest BCUT2D eigenvalue weighted by atomic mass is 16.5. The van der Waals surface area contributed by atoms with Gasteiger partial charge in [-0.05, 0) is 31.9 Å². The Balaban J connectivity index is 2.49. The zero-order valence-electron chi connectivity index (χ0n) is 10.7. The maximum Gasteiger partial charge on any atom is 0.122 e. The number of para-hydroxylation sites is 1. The third-order valence-corrected chi connectivity index (χ3v) is 2.87. The molecule has 0 bridgehead atoms. The molecule has 0 unspecified atom stereocenters. The second kappa shape index (κ2) is 5.90. The van der Waals surface area contributed by atoms with Gasteiger partial charge in [-0.3, -0.25) is 0 Å². The van der Waals surface area contributed by atoms with Crippen LogP contribution in [0.1, 0.15) is 32.8 Å². The largest absolute Gasteiger partial charge is 0.493 e. The van der Waals surface area contributed by atoms with Crippen LogP contribution in [0.25, 0.3) is 0 Å². The average molecular weight is 222 g/mol. The highest BCUT2D eigenvalue weighted by molar-refractivity contribution is 5.33. The standard InChI is InChI=1S/C14H22O2/c1-5-12-8-6-7-9-13(12)16-11-10-14(2,3)15-4/h6-9H,5,10-11H2,1-4H3. The van der Waals surface area contributed by atoms with E-state index in [1.54, 1.807) is 7.11 Å². The van der Waals surface area contributed by atoms with Crippen LogP contribution in [0.2, 0.25) is 0 Å². The maximum atomic E-state index is 5.79. The van der Waals surface area contributed by atoms with Gasteiger partial charge in [-0.15, -0.1) is 0 Å². The molecule has 0 atom stereocenters. The molecule has 0 saturated heterocycles. The Morgan fingerprint density at radius 1 is 1.19 bits per heavy atom. The minimum Gasteiger partial charge on any atom is -0.493 e. The topological polar surface area (TPSA) is 18.5 Å². The first-order valence-electron chi connectivity index (χ1n) is 5.85. The molecule has 0 radical (unpaired) electrons. The highest BCUT2D eigenvalue weighted by Crippen LogP contribution is 2.20. The summed E-state index contributed by atoms with van der Waals surface area (Å²) in [5, 5.41) is 0. The van der Waals surface area contributed by atoms with E-state index < -0.39 is 0 Å². The fraction of sp³-hybridized carbons (Fsp3) is 0.571. The molecular formula is C14H22O2. The third kappa shape index (κ3) is 3.86. The Hall–Kier alpha value is -1.02. The van der Waals surface area contributed by atoms with Gasteiger partial charge in [0.25, 0.3) is 0 Å². The van der Waals surface area contributed by atoms with Crippen molar-refractivity contribution in [3.8, 4) is 5.75 Å². The number of benzene rings is 1. The van der Waals surface area contributed by atoms with E-state index in [9.17, 15) is 0 Å². The summed E-state index contributed by atoms with van der Waals surface area (Å²) in [4.78, 5) is 0. The van der Waals surface area contributed by atoms with Gasteiger partial charge in [0.05, 0.1) is 12.2 Å². The Morgan fingerprint density at radius 2 is 1.88 bits per heavy atom. The van der Waals surface area contributed by atoms with E-state index >= 15 is 0 Å². The highest BCUT2D eigenvalue weighted by Gasteiger charge is 2.16. The van der Waals surface area contributed by atoms with Gasteiger partial charge < -0.3 is 9.47 Å². The summed E-state index contributed by atoms with van der Waals surface area (Å²) in [7, 11) is 1.74. The zero-order chi connectivity index (χ0) is 12.0. The molecule has 0 aliphatic heterocycles. The zero-order valence-corrected chi connectivity index (χ0v) is 10.7. The molecule has 1 aromatic rings. The second-order valence-electron chi connectivity index (χ2n) is 4.52. The average Bonchev–Trinajstić information content (AvgIpc) is 2.29. The molecule has 0 heterocycles. The molecular weight excluding hydrogens is 200 g/mol. The van der Waals surface area contributed by atoms with Crippen LogP contribution in [0.15, 0.2) is 24.3 Å². The number of hydrogen-bond acceptors (Lipinski definition) is 2. The number of rotatable bonds is 6. The molecule has 16 heavy (non-hydrogen) atoms. The molecule has 0 aliphatic carbocycles. The summed E-state index contributed by atoms with van der Waals surface area (Å²) >= 11 is 0. The minimum atomic E-state index is -0.110. The lowest BCUT2D eigenvalue weighted by atomic mass is 10.1. The van der Waals surface area contributed by atoms with E-state index in [-0.39, 0.29) is 5.60 Å². The maximum absolute atomic E-state index is 5.79. The molecule has 2 heteroatoms. The second-order valence-corrected chi connectivity index (χ2v) is 4.52. The minimum absolute atomic E-state index is 0.110. The number of aryl methyl sites for hydroxylation is 1. The Labute approximate surface area is 98.6 Å². The smallest absolute Gasteiger partial charge is 0.122 e. The van der Waals surface area contributed by atoms with Crippen LogP contribution in [0.5, 0.6) is 5.75 Å². The van der Waals surface area contributed by atoms with Gasteiger partial charge in [0, 0.05) is 13.5 Å². The summed E-state index contributed by atoms with van der Waals surface area (Å²) in [6.45, 7) is 6.98. The fourth-order valence-corrected chi connectivity index (χ4v) is 1.45. The van der Waals surface area contributed by atoms with E-state index in [2.05, 4.69) is 26.8 Å². The van der Waals surface area contributed by atoms with Crippen LogP contribution in [0.3, 0.4) is 0 Å². The first kappa shape index (κ1) is 13.0. The van der Waals surface area contributed by atoms with Gasteiger partial charge in [-0.25, -0.2) is 0 Å². The van der Waals surface area contributed by atoms with Crippen molar-refractivity contribution in [3.63, 3.8) is 0 Å². The molecule has 0 aromatic heterocycles. The Morgan fingerprint density at radius 3 is 2.50 bits per heavy atom. The number of methoxy groups -OCH3 is 1. The lowest BCUT2D eigenvalue weighted by molar-refractivity contribution is 0.00538. The van der Waals surface area contributed by atoms with Crippen molar-refractivity contribution in [2.75, 3.05) is 13.7 Å². The summed E-state index contributed by atoms with van der Waals surface area (Å²) in [6.07, 6.45) is 1.89. The quantitative estimate of drug-likeness (QED) is 0.734. The first-order valence-corrected chi connectivity index (χ1v) is 5.85. The van der Waals surface area contributed by atoms with Crippen LogP contribution in [0.4, 0.5) is 0 Å². The van der Waals surface area contributed by atoms with Crippen molar-refractivity contribution < 1.29 is 9.47 Å². The molecule has 0 spiro atoms. The molecule has 0 saturated carbocycles. The van der Waals surface area contributed by atoms with Crippen LogP contribution in [0, 0.1) is 0 Å². The SMILES string of the molecule is CCc1ccccc1OCCC(C)(C)OC. The van der Waals surface area contributed by atoms with E-state index in [0.29, 0.717) is 6.61 Å². The normalized spacial score (nSPS) is 11.5. The molecule has 2 nitrogen and oxygen atoms in total. The monoisotopic (exact) mass is 222 g/mol. The van der Waals surface area contributed by atoms with E-state index in [1.807, 2.05) is 18.2 Å². The van der Waals surface area contributed by atoms with Crippen LogP contribution >= 0.6 is 0 Å². The van der Waals surface area contributed by atoms with Crippen molar-refractivity contribution in [2.24, 2.45) is 0 Å². The molecule has 0 fully saturated rings. The van der Waals surface area contributed by atoms with Crippen LogP contribution < -0.4 is 4.74 Å². The van der Waals surface area contributed by atoms with Crippen molar-refractivity contribution in [3.05, 3.63) is 29.8 Å². The number of ether oxygens (including phenoxy) is 2. The summed E-state index contributed by atoms with van der Waals surface area (Å²) in [5.74, 6) is 0.997. The molecule has 0 amide bonds. The molecule has 1 aromatic carbocycles. The third-order valence-electron chi connectivity index (χ3n) is 2.87. The molecule has 90 valence electrons. The predicted octanol–water partition coefficient (Wildman–Crippen LogP) is 3.44. The summed E-state index contributed by atoms with van der Waals surface area (Å²) in [6, 6.07) is 8.19. The van der Waals surface area contributed by atoms with Gasteiger partial charge in [0.2, 0.25) is 0 Å². The van der Waals surface area contributed by atoms with Gasteiger partial charge in [-0.2, -0.15) is 0 Å². The summed E-state index contributed by atoms with van der Waals surface area (Å²) < 4.78 is 11.1. The molecule has 1 rings (SSSR count). The van der Waals surface area contributed by atoms with Crippen LogP contribution in [-0.2, 0) is 11.2 Å². The van der Waals surface area contributed by atoms with E-state index in [1.165, 1.54) is 5.56 Å². The Bertz CT molecular complexity index is 318. The molecule has 0 N–H and O–H groups in total. The van der Waals surface area contributed by atoms with Crippen molar-refractivity contribution in [1.29, 1.82) is 0 Å². The van der Waals surface area contributed by atoms with E-state index in [4.69, 9.17) is 9.47 Å². The van der Waals surface area contributed by atoms with Gasteiger partial charge in [-0.1, -0.05) is 25.1 Å². The molecule has 0 aliphatic rings. The van der Waals surface area contributed by atoms with Crippen molar-refractivity contribution in [2.45, 2.75) is 39.2 Å². The van der Waals surface area contributed by atoms with Gasteiger partial charge >= 0.3 is 0 Å². The number of hydrogen-bond donors (Lipinski definition) is 0.